The van der Waals surface area contributed by atoms with Crippen LogP contribution in [0.1, 0.15) is 22.3 Å². The summed E-state index contributed by atoms with van der Waals surface area (Å²) in [5, 5.41) is 0. The van der Waals surface area contributed by atoms with Crippen LogP contribution in [-0.4, -0.2) is 0 Å². The van der Waals surface area contributed by atoms with E-state index >= 15 is 0 Å². The lowest BCUT2D eigenvalue weighted by Crippen LogP contribution is -2.22. The van der Waals surface area contributed by atoms with E-state index in [1.165, 1.54) is 37.3 Å². The summed E-state index contributed by atoms with van der Waals surface area (Å²) >= 11 is 0. The molecule has 0 N–H and O–H groups in total. The first-order valence-corrected chi connectivity index (χ1v) is 11.0. The van der Waals surface area contributed by atoms with Crippen LogP contribution in [0.3, 0.4) is 0 Å². The smallest absolute Gasteiger partial charge is 0.426 e. The van der Waals surface area contributed by atoms with Crippen LogP contribution in [0.5, 0.6) is 5.75 Å². The Hall–Kier alpha value is -3.88. The van der Waals surface area contributed by atoms with Gasteiger partial charge >= 0.3 is 6.11 Å². The minimum absolute atomic E-state index is 0.0285. The predicted molar refractivity (Wildman–Crippen MR) is 121 cm³/mol. The summed E-state index contributed by atoms with van der Waals surface area (Å²) < 4.78 is 116. The highest BCUT2D eigenvalue weighted by molar-refractivity contribution is 5.65. The molecule has 0 amide bonds. The Morgan fingerprint density at radius 2 is 1.30 bits per heavy atom. The Kier molecular flexibility index (Phi) is 7.25. The van der Waals surface area contributed by atoms with Gasteiger partial charge in [-0.25, -0.2) is 26.3 Å². The fourth-order valence-corrected chi connectivity index (χ4v) is 3.75. The third-order valence-electron chi connectivity index (χ3n) is 5.80. The van der Waals surface area contributed by atoms with E-state index in [4.69, 9.17) is 0 Å². The molecule has 0 atom stereocenters. The fourth-order valence-electron chi connectivity index (χ4n) is 3.75. The van der Waals surface area contributed by atoms with Crippen molar-refractivity contribution in [2.24, 2.45) is 0 Å². The lowest BCUT2D eigenvalue weighted by molar-refractivity contribution is -0.185. The standard InChI is InChI=1S/C28H18F8O/c1-15-2-11-21(26(33)25(15)32)17-5-8-19(9-6-17)28(35,36)37-20-10-7-18(22(29)14-20)4-3-16-12-23(30)27(34)24(31)13-16/h2,5-14H,3-4H2,1H3. The topological polar surface area (TPSA) is 9.23 Å². The zero-order chi connectivity index (χ0) is 26.9. The first-order valence-electron chi connectivity index (χ1n) is 11.0. The van der Waals surface area contributed by atoms with Gasteiger partial charge < -0.3 is 4.74 Å². The number of ether oxygens (including phenoxy) is 1. The van der Waals surface area contributed by atoms with E-state index in [1.807, 2.05) is 0 Å². The van der Waals surface area contributed by atoms with Gasteiger partial charge in [-0.2, -0.15) is 8.78 Å². The largest absolute Gasteiger partial charge is 0.429 e. The first kappa shape index (κ1) is 26.2. The van der Waals surface area contributed by atoms with Crippen LogP contribution >= 0.6 is 0 Å². The SMILES string of the molecule is Cc1ccc(-c2ccc(C(F)(F)Oc3ccc(CCc4cc(F)c(F)c(F)c4)c(F)c3)cc2)c(F)c1F. The highest BCUT2D eigenvalue weighted by Gasteiger charge is 2.34. The van der Waals surface area contributed by atoms with Gasteiger partial charge in [0.25, 0.3) is 0 Å². The lowest BCUT2D eigenvalue weighted by atomic mass is 10.0. The first-order chi connectivity index (χ1) is 17.5. The number of halogens is 8. The van der Waals surface area contributed by atoms with Gasteiger partial charge in [0.1, 0.15) is 11.6 Å². The van der Waals surface area contributed by atoms with Crippen LogP contribution in [0.15, 0.2) is 66.7 Å². The van der Waals surface area contributed by atoms with E-state index in [9.17, 15) is 35.1 Å². The second-order valence-electron chi connectivity index (χ2n) is 8.38. The molecule has 37 heavy (non-hydrogen) atoms. The molecule has 0 heterocycles. The molecule has 4 aromatic rings. The van der Waals surface area contributed by atoms with Crippen LogP contribution in [0.4, 0.5) is 35.1 Å². The summed E-state index contributed by atoms with van der Waals surface area (Å²) in [5.74, 6) is -7.84. The summed E-state index contributed by atoms with van der Waals surface area (Å²) in [7, 11) is 0. The molecule has 0 bridgehead atoms. The highest BCUT2D eigenvalue weighted by atomic mass is 19.3. The maximum Gasteiger partial charge on any atom is 0.426 e. The van der Waals surface area contributed by atoms with Gasteiger partial charge in [0, 0.05) is 11.6 Å². The van der Waals surface area contributed by atoms with Crippen molar-refractivity contribution in [3.05, 3.63) is 124 Å². The highest BCUT2D eigenvalue weighted by Crippen LogP contribution is 2.34. The van der Waals surface area contributed by atoms with Crippen molar-refractivity contribution >= 4 is 0 Å². The summed E-state index contributed by atoms with van der Waals surface area (Å²) in [6.07, 6.45) is -3.95. The molecule has 0 spiro atoms. The van der Waals surface area contributed by atoms with Crippen molar-refractivity contribution in [3.8, 4) is 16.9 Å². The molecule has 0 fully saturated rings. The monoisotopic (exact) mass is 522 g/mol. The Balaban J connectivity index is 1.46. The minimum atomic E-state index is -3.88. The average molecular weight is 522 g/mol. The lowest BCUT2D eigenvalue weighted by Gasteiger charge is -2.19. The minimum Gasteiger partial charge on any atom is -0.429 e. The number of hydrogen-bond donors (Lipinski definition) is 0. The summed E-state index contributed by atoms with van der Waals surface area (Å²) in [6.45, 7) is 1.40. The molecule has 4 aromatic carbocycles. The van der Waals surface area contributed by atoms with Crippen LogP contribution < -0.4 is 4.74 Å². The third kappa shape index (κ3) is 5.60. The van der Waals surface area contributed by atoms with E-state index < -0.39 is 52.3 Å². The normalized spacial score (nSPS) is 11.6. The van der Waals surface area contributed by atoms with Crippen LogP contribution in [0, 0.1) is 41.8 Å². The van der Waals surface area contributed by atoms with Crippen molar-refractivity contribution in [3.63, 3.8) is 0 Å². The summed E-state index contributed by atoms with van der Waals surface area (Å²) in [4.78, 5) is 0. The molecule has 0 aromatic heterocycles. The molecule has 4 rings (SSSR count). The Morgan fingerprint density at radius 1 is 0.649 bits per heavy atom. The van der Waals surface area contributed by atoms with Crippen LogP contribution in [0.2, 0.25) is 0 Å². The van der Waals surface area contributed by atoms with Gasteiger partial charge in [0.05, 0.1) is 5.56 Å². The molecule has 0 radical (unpaired) electrons. The molecule has 0 saturated heterocycles. The van der Waals surface area contributed by atoms with Gasteiger partial charge in [0.15, 0.2) is 29.1 Å². The molecule has 0 aliphatic rings. The Labute approximate surface area is 207 Å². The van der Waals surface area contributed by atoms with Crippen molar-refractivity contribution in [2.45, 2.75) is 25.9 Å². The average Bonchev–Trinajstić information content (AvgIpc) is 2.85. The molecule has 0 unspecified atom stereocenters. The van der Waals surface area contributed by atoms with Gasteiger partial charge in [-0.15, -0.1) is 0 Å². The van der Waals surface area contributed by atoms with E-state index in [1.54, 1.807) is 0 Å². The maximum atomic E-state index is 14.7. The molecular formula is C28H18F8O. The van der Waals surface area contributed by atoms with Gasteiger partial charge in [0.2, 0.25) is 0 Å². The number of hydrogen-bond acceptors (Lipinski definition) is 1. The maximum absolute atomic E-state index is 14.7. The Bertz CT molecular complexity index is 1420. The zero-order valence-electron chi connectivity index (χ0n) is 19.2. The van der Waals surface area contributed by atoms with Crippen LogP contribution in [-0.2, 0) is 19.0 Å². The fraction of sp³-hybridized carbons (Fsp3) is 0.143. The predicted octanol–water partition coefficient (Wildman–Crippen LogP) is 8.41. The molecular weight excluding hydrogens is 504 g/mol. The summed E-state index contributed by atoms with van der Waals surface area (Å²) in [5.41, 5.74) is -0.254. The van der Waals surface area contributed by atoms with Gasteiger partial charge in [-0.1, -0.05) is 30.3 Å². The quantitative estimate of drug-likeness (QED) is 0.175. The molecule has 0 saturated carbocycles. The van der Waals surface area contributed by atoms with E-state index in [2.05, 4.69) is 4.74 Å². The Morgan fingerprint density at radius 3 is 1.92 bits per heavy atom. The van der Waals surface area contributed by atoms with Crippen molar-refractivity contribution in [1.82, 2.24) is 0 Å². The third-order valence-corrected chi connectivity index (χ3v) is 5.80. The van der Waals surface area contributed by atoms with Gasteiger partial charge in [-0.05, 0) is 72.4 Å². The zero-order valence-corrected chi connectivity index (χ0v) is 19.2. The molecule has 1 nitrogen and oxygen atoms in total. The van der Waals surface area contributed by atoms with E-state index in [0.29, 0.717) is 0 Å². The van der Waals surface area contributed by atoms with Gasteiger partial charge in [-0.3, -0.25) is 0 Å². The van der Waals surface area contributed by atoms with Crippen molar-refractivity contribution < 1.29 is 39.9 Å². The van der Waals surface area contributed by atoms with Crippen molar-refractivity contribution in [2.75, 3.05) is 0 Å². The van der Waals surface area contributed by atoms with Crippen molar-refractivity contribution in [1.29, 1.82) is 0 Å². The second kappa shape index (κ2) is 10.2. The number of rotatable bonds is 7. The number of benzene rings is 4. The summed E-state index contributed by atoms with van der Waals surface area (Å²) in [6, 6.07) is 11.7. The van der Waals surface area contributed by atoms with Crippen LogP contribution in [0.25, 0.3) is 11.1 Å². The second-order valence-corrected chi connectivity index (χ2v) is 8.38. The molecule has 192 valence electrons. The number of alkyl halides is 2. The van der Waals surface area contributed by atoms with E-state index in [-0.39, 0.29) is 40.7 Å². The van der Waals surface area contributed by atoms with E-state index in [0.717, 1.165) is 36.4 Å². The molecule has 0 aliphatic carbocycles. The number of aryl methyl sites for hydroxylation is 3. The molecule has 0 aliphatic heterocycles. The molecule has 9 heteroatoms.